The molecular weight excluding hydrogens is 310 g/mol. The fraction of sp³-hybridized carbons (Fsp3) is 0.267. The van der Waals surface area contributed by atoms with E-state index in [0.29, 0.717) is 11.6 Å². The second kappa shape index (κ2) is 6.91. The van der Waals surface area contributed by atoms with Gasteiger partial charge in [-0.2, -0.15) is 0 Å². The van der Waals surface area contributed by atoms with E-state index >= 15 is 0 Å². The van der Waals surface area contributed by atoms with Crippen molar-refractivity contribution >= 4 is 19.7 Å². The average Bonchev–Trinajstić information content (AvgIpc) is 2.46. The molecule has 0 aliphatic heterocycles. The lowest BCUT2D eigenvalue weighted by molar-refractivity contribution is 0.461. The van der Waals surface area contributed by atoms with Gasteiger partial charge in [-0.25, -0.2) is 13.4 Å². The van der Waals surface area contributed by atoms with Gasteiger partial charge in [0, 0.05) is 16.7 Å². The number of hydrogen-bond donors (Lipinski definition) is 0. The molecule has 0 fully saturated rings. The van der Waals surface area contributed by atoms with Crippen LogP contribution in [-0.2, 0) is 15.5 Å². The smallest absolute Gasteiger partial charge is 0.262 e. The number of halogens is 1. The van der Waals surface area contributed by atoms with Crippen LogP contribution in [0.25, 0.3) is 0 Å². The van der Waals surface area contributed by atoms with Gasteiger partial charge in [-0.05, 0) is 36.6 Å². The van der Waals surface area contributed by atoms with Crippen LogP contribution in [0, 0.1) is 0 Å². The maximum absolute atomic E-state index is 11.1. The van der Waals surface area contributed by atoms with Crippen molar-refractivity contribution in [3.63, 3.8) is 0 Å². The number of ether oxygens (including phenoxy) is 1. The maximum atomic E-state index is 11.1. The van der Waals surface area contributed by atoms with Gasteiger partial charge in [-0.3, -0.25) is 0 Å². The largest absolute Gasteiger partial charge is 0.439 e. The number of rotatable bonds is 6. The molecule has 0 aliphatic carbocycles. The monoisotopic (exact) mass is 325 g/mol. The number of hydrogen-bond acceptors (Lipinski definition) is 4. The molecule has 112 valence electrons. The topological polar surface area (TPSA) is 56.3 Å². The SMILES string of the molecule is CCCCc1ccc(Oc2ccc(S(=O)(=O)Cl)cn2)cc1. The van der Waals surface area contributed by atoms with Gasteiger partial charge in [0.25, 0.3) is 9.05 Å². The molecular formula is C15H16ClNO3S. The van der Waals surface area contributed by atoms with Gasteiger partial charge < -0.3 is 4.74 Å². The molecule has 1 aromatic carbocycles. The summed E-state index contributed by atoms with van der Waals surface area (Å²) in [5.41, 5.74) is 1.26. The summed E-state index contributed by atoms with van der Waals surface area (Å²) in [5, 5.41) is 0. The predicted octanol–water partition coefficient (Wildman–Crippen LogP) is 4.14. The molecule has 21 heavy (non-hydrogen) atoms. The minimum absolute atomic E-state index is 0.0496. The zero-order valence-corrected chi connectivity index (χ0v) is 13.2. The van der Waals surface area contributed by atoms with Crippen molar-refractivity contribution in [2.75, 3.05) is 0 Å². The standard InChI is InChI=1S/C15H16ClNO3S/c1-2-3-4-12-5-7-13(8-6-12)20-15-10-9-14(11-17-15)21(16,18)19/h5-11H,2-4H2,1H3. The molecule has 0 N–H and O–H groups in total. The zero-order valence-electron chi connectivity index (χ0n) is 11.6. The third kappa shape index (κ3) is 4.72. The van der Waals surface area contributed by atoms with E-state index < -0.39 is 9.05 Å². The minimum Gasteiger partial charge on any atom is -0.439 e. The summed E-state index contributed by atoms with van der Waals surface area (Å²) in [5.74, 6) is 0.976. The summed E-state index contributed by atoms with van der Waals surface area (Å²) >= 11 is 0. The van der Waals surface area contributed by atoms with Crippen LogP contribution in [0.15, 0.2) is 47.5 Å². The van der Waals surface area contributed by atoms with Gasteiger partial charge in [-0.1, -0.05) is 25.5 Å². The molecule has 0 amide bonds. The van der Waals surface area contributed by atoms with E-state index in [0.717, 1.165) is 19.3 Å². The van der Waals surface area contributed by atoms with Crippen molar-refractivity contribution in [2.45, 2.75) is 31.1 Å². The van der Waals surface area contributed by atoms with Crippen LogP contribution in [-0.4, -0.2) is 13.4 Å². The molecule has 0 saturated heterocycles. The highest BCUT2D eigenvalue weighted by molar-refractivity contribution is 8.13. The van der Waals surface area contributed by atoms with Gasteiger partial charge in [-0.15, -0.1) is 0 Å². The van der Waals surface area contributed by atoms with Crippen molar-refractivity contribution in [3.8, 4) is 11.6 Å². The van der Waals surface area contributed by atoms with Crippen molar-refractivity contribution in [2.24, 2.45) is 0 Å². The molecule has 0 bridgehead atoms. The third-order valence-corrected chi connectivity index (χ3v) is 4.29. The summed E-state index contributed by atoms with van der Waals surface area (Å²) < 4.78 is 27.8. The molecule has 2 aromatic rings. The van der Waals surface area contributed by atoms with Gasteiger partial charge in [0.15, 0.2) is 0 Å². The number of pyridine rings is 1. The Labute approximate surface area is 129 Å². The fourth-order valence-corrected chi connectivity index (χ4v) is 2.48. The molecule has 1 heterocycles. The Morgan fingerprint density at radius 3 is 2.38 bits per heavy atom. The first-order valence-electron chi connectivity index (χ1n) is 6.66. The fourth-order valence-electron chi connectivity index (χ4n) is 1.80. The summed E-state index contributed by atoms with van der Waals surface area (Å²) in [6.45, 7) is 2.16. The van der Waals surface area contributed by atoms with E-state index in [-0.39, 0.29) is 4.90 Å². The highest BCUT2D eigenvalue weighted by atomic mass is 35.7. The summed E-state index contributed by atoms with van der Waals surface area (Å²) in [6, 6.07) is 10.6. The molecule has 4 nitrogen and oxygen atoms in total. The number of aryl methyl sites for hydroxylation is 1. The summed E-state index contributed by atoms with van der Waals surface area (Å²) in [7, 11) is 1.47. The normalized spacial score (nSPS) is 11.3. The number of aromatic nitrogens is 1. The molecule has 0 spiro atoms. The minimum atomic E-state index is -3.75. The van der Waals surface area contributed by atoms with Crippen LogP contribution >= 0.6 is 10.7 Å². The van der Waals surface area contributed by atoms with E-state index in [1.165, 1.54) is 23.9 Å². The summed E-state index contributed by atoms with van der Waals surface area (Å²) in [6.07, 6.45) is 4.55. The predicted molar refractivity (Wildman–Crippen MR) is 82.4 cm³/mol. The van der Waals surface area contributed by atoms with Crippen LogP contribution < -0.4 is 4.74 Å². The van der Waals surface area contributed by atoms with Crippen molar-refractivity contribution in [3.05, 3.63) is 48.2 Å². The molecule has 0 aliphatic rings. The molecule has 2 rings (SSSR count). The van der Waals surface area contributed by atoms with Crippen LogP contribution in [0.1, 0.15) is 25.3 Å². The Bertz CT molecular complexity index is 682. The van der Waals surface area contributed by atoms with Gasteiger partial charge >= 0.3 is 0 Å². The van der Waals surface area contributed by atoms with E-state index in [4.69, 9.17) is 15.4 Å². The third-order valence-electron chi connectivity index (χ3n) is 2.96. The Hall–Kier alpha value is -1.59. The first-order valence-corrected chi connectivity index (χ1v) is 8.97. The average molecular weight is 326 g/mol. The number of unbranched alkanes of at least 4 members (excludes halogenated alkanes) is 1. The Morgan fingerprint density at radius 1 is 1.14 bits per heavy atom. The first kappa shape index (κ1) is 15.8. The Kier molecular flexibility index (Phi) is 5.20. The Balaban J connectivity index is 2.04. The van der Waals surface area contributed by atoms with Gasteiger partial charge in [0.05, 0.1) is 6.20 Å². The van der Waals surface area contributed by atoms with Crippen molar-refractivity contribution < 1.29 is 13.2 Å². The second-order valence-electron chi connectivity index (χ2n) is 4.62. The molecule has 0 saturated carbocycles. The number of nitrogens with zero attached hydrogens (tertiary/aromatic N) is 1. The molecule has 0 radical (unpaired) electrons. The van der Waals surface area contributed by atoms with E-state index in [2.05, 4.69) is 11.9 Å². The lowest BCUT2D eigenvalue weighted by Gasteiger charge is -2.06. The molecule has 0 unspecified atom stereocenters. The van der Waals surface area contributed by atoms with Crippen LogP contribution in [0.5, 0.6) is 11.6 Å². The molecule has 1 aromatic heterocycles. The highest BCUT2D eigenvalue weighted by Crippen LogP contribution is 2.22. The maximum Gasteiger partial charge on any atom is 0.262 e. The lowest BCUT2D eigenvalue weighted by Crippen LogP contribution is -1.93. The van der Waals surface area contributed by atoms with Crippen molar-refractivity contribution in [1.29, 1.82) is 0 Å². The summed E-state index contributed by atoms with van der Waals surface area (Å²) in [4.78, 5) is 3.88. The quantitative estimate of drug-likeness (QED) is 0.749. The van der Waals surface area contributed by atoms with Gasteiger partial charge in [0.1, 0.15) is 10.6 Å². The van der Waals surface area contributed by atoms with E-state index in [9.17, 15) is 8.42 Å². The van der Waals surface area contributed by atoms with E-state index in [1.54, 1.807) is 0 Å². The lowest BCUT2D eigenvalue weighted by atomic mass is 10.1. The van der Waals surface area contributed by atoms with Gasteiger partial charge in [0.2, 0.25) is 5.88 Å². The van der Waals surface area contributed by atoms with Crippen molar-refractivity contribution in [1.82, 2.24) is 4.98 Å². The van der Waals surface area contributed by atoms with Crippen LogP contribution in [0.4, 0.5) is 0 Å². The number of benzene rings is 1. The zero-order chi connectivity index (χ0) is 15.3. The Morgan fingerprint density at radius 2 is 1.86 bits per heavy atom. The highest BCUT2D eigenvalue weighted by Gasteiger charge is 2.10. The molecule has 0 atom stereocenters. The van der Waals surface area contributed by atoms with E-state index in [1.807, 2.05) is 24.3 Å². The van der Waals surface area contributed by atoms with Crippen LogP contribution in [0.2, 0.25) is 0 Å². The molecule has 6 heteroatoms. The van der Waals surface area contributed by atoms with Crippen LogP contribution in [0.3, 0.4) is 0 Å². The first-order chi connectivity index (χ1) is 9.99. The second-order valence-corrected chi connectivity index (χ2v) is 7.19.